The maximum Gasteiger partial charge on any atom is 0.231 e. The number of fused-ring (bicyclic) bond motifs is 1. The van der Waals surface area contributed by atoms with Crippen molar-refractivity contribution >= 4 is 5.91 Å². The summed E-state index contributed by atoms with van der Waals surface area (Å²) in [5, 5.41) is 0. The molecule has 0 spiro atoms. The molecule has 0 aromatic heterocycles. The van der Waals surface area contributed by atoms with Crippen LogP contribution in [0.25, 0.3) is 0 Å². The number of benzene rings is 2. The molecule has 1 aliphatic carbocycles. The number of amides is 1. The van der Waals surface area contributed by atoms with Crippen LogP contribution in [0.5, 0.6) is 0 Å². The molecular weight excluding hydrogens is 282 g/mol. The monoisotopic (exact) mass is 301 g/mol. The molecule has 0 saturated carbocycles. The van der Waals surface area contributed by atoms with Gasteiger partial charge >= 0.3 is 0 Å². The van der Waals surface area contributed by atoms with Gasteiger partial charge in [-0.2, -0.15) is 0 Å². The number of likely N-dealkylation sites (tertiary alicyclic amines) is 1. The molecular formula is C21H19NO. The zero-order chi connectivity index (χ0) is 15.6. The molecule has 2 heteroatoms. The standard InChI is InChI=1S/C21H19NO/c23-21-19-14-8-7-13-18(19)20(17-11-5-2-6-12-17)22(21)15-16-9-3-1-4-10-16/h1-14,18-20H,15H2/t18-,19+,20+/m0/s1. The van der Waals surface area contributed by atoms with Gasteiger partial charge < -0.3 is 4.90 Å². The molecule has 1 fully saturated rings. The van der Waals surface area contributed by atoms with Crippen LogP contribution in [0.4, 0.5) is 0 Å². The van der Waals surface area contributed by atoms with Gasteiger partial charge in [0.05, 0.1) is 12.0 Å². The van der Waals surface area contributed by atoms with E-state index in [9.17, 15) is 4.79 Å². The van der Waals surface area contributed by atoms with E-state index in [0.29, 0.717) is 6.54 Å². The molecule has 1 saturated heterocycles. The van der Waals surface area contributed by atoms with E-state index < -0.39 is 0 Å². The number of hydrogen-bond donors (Lipinski definition) is 0. The third-order valence-corrected chi connectivity index (χ3v) is 4.78. The van der Waals surface area contributed by atoms with Crippen molar-refractivity contribution in [3.05, 3.63) is 96.1 Å². The Bertz CT molecular complexity index is 748. The number of carbonyl (C=O) groups is 1. The van der Waals surface area contributed by atoms with E-state index in [-0.39, 0.29) is 23.8 Å². The lowest BCUT2D eigenvalue weighted by atomic mass is 9.84. The Morgan fingerprint density at radius 3 is 2.22 bits per heavy atom. The Morgan fingerprint density at radius 2 is 1.48 bits per heavy atom. The maximum atomic E-state index is 13.0. The number of allylic oxidation sites excluding steroid dienone is 2. The molecule has 2 aromatic rings. The Labute approximate surface area is 136 Å². The van der Waals surface area contributed by atoms with Gasteiger partial charge in [-0.3, -0.25) is 4.79 Å². The van der Waals surface area contributed by atoms with Gasteiger partial charge in [0.25, 0.3) is 0 Å². The van der Waals surface area contributed by atoms with Crippen molar-refractivity contribution in [1.82, 2.24) is 4.90 Å². The Kier molecular flexibility index (Phi) is 3.58. The summed E-state index contributed by atoms with van der Waals surface area (Å²) in [6.07, 6.45) is 8.29. The molecule has 0 unspecified atom stereocenters. The molecule has 0 radical (unpaired) electrons. The first-order valence-electron chi connectivity index (χ1n) is 8.09. The van der Waals surface area contributed by atoms with Gasteiger partial charge in [0, 0.05) is 12.5 Å². The number of hydrogen-bond acceptors (Lipinski definition) is 1. The van der Waals surface area contributed by atoms with Crippen LogP contribution in [-0.4, -0.2) is 10.8 Å². The molecule has 23 heavy (non-hydrogen) atoms. The van der Waals surface area contributed by atoms with E-state index in [0.717, 1.165) is 0 Å². The zero-order valence-electron chi connectivity index (χ0n) is 12.9. The first kappa shape index (κ1) is 14.0. The van der Waals surface area contributed by atoms with E-state index >= 15 is 0 Å². The summed E-state index contributed by atoms with van der Waals surface area (Å²) >= 11 is 0. The molecule has 1 aliphatic heterocycles. The summed E-state index contributed by atoms with van der Waals surface area (Å²) < 4.78 is 0. The fraction of sp³-hybridized carbons (Fsp3) is 0.190. The number of nitrogens with zero attached hydrogens (tertiary/aromatic N) is 1. The van der Waals surface area contributed by atoms with Gasteiger partial charge in [-0.25, -0.2) is 0 Å². The zero-order valence-corrected chi connectivity index (χ0v) is 12.9. The van der Waals surface area contributed by atoms with Crippen molar-refractivity contribution in [2.24, 2.45) is 11.8 Å². The van der Waals surface area contributed by atoms with Crippen LogP contribution in [0.3, 0.4) is 0 Å². The average Bonchev–Trinajstić information content (AvgIpc) is 2.89. The van der Waals surface area contributed by atoms with E-state index in [1.807, 2.05) is 41.3 Å². The minimum atomic E-state index is -0.0334. The topological polar surface area (TPSA) is 20.3 Å². The van der Waals surface area contributed by atoms with Gasteiger partial charge in [-0.05, 0) is 11.1 Å². The summed E-state index contributed by atoms with van der Waals surface area (Å²) in [6.45, 7) is 0.661. The third kappa shape index (κ3) is 2.50. The van der Waals surface area contributed by atoms with Crippen LogP contribution in [0, 0.1) is 11.8 Å². The Hall–Kier alpha value is -2.61. The van der Waals surface area contributed by atoms with Crippen LogP contribution >= 0.6 is 0 Å². The van der Waals surface area contributed by atoms with Gasteiger partial charge in [0.1, 0.15) is 0 Å². The SMILES string of the molecule is O=C1[C@@H]2C=CC=C[C@@H]2[C@@H](c2ccccc2)N1Cc1ccccc1. The van der Waals surface area contributed by atoms with Gasteiger partial charge in [-0.15, -0.1) is 0 Å². The van der Waals surface area contributed by atoms with Crippen LogP contribution in [0.1, 0.15) is 17.2 Å². The van der Waals surface area contributed by atoms with Crippen LogP contribution in [-0.2, 0) is 11.3 Å². The largest absolute Gasteiger partial charge is 0.330 e. The summed E-state index contributed by atoms with van der Waals surface area (Å²) in [7, 11) is 0. The maximum absolute atomic E-state index is 13.0. The average molecular weight is 301 g/mol. The fourth-order valence-electron chi connectivity index (χ4n) is 3.72. The lowest BCUT2D eigenvalue weighted by Gasteiger charge is -2.28. The quantitative estimate of drug-likeness (QED) is 0.835. The second kappa shape index (κ2) is 5.88. The van der Waals surface area contributed by atoms with E-state index in [1.165, 1.54) is 11.1 Å². The lowest BCUT2D eigenvalue weighted by molar-refractivity contribution is -0.131. The molecule has 3 atom stereocenters. The predicted octanol–water partition coefficient (Wildman–Crippen LogP) is 4.13. The second-order valence-electron chi connectivity index (χ2n) is 6.18. The fourth-order valence-corrected chi connectivity index (χ4v) is 3.72. The smallest absolute Gasteiger partial charge is 0.231 e. The van der Waals surface area contributed by atoms with Crippen LogP contribution < -0.4 is 0 Å². The molecule has 114 valence electrons. The van der Waals surface area contributed by atoms with Crippen LogP contribution in [0.15, 0.2) is 85.0 Å². The van der Waals surface area contributed by atoms with Crippen LogP contribution in [0.2, 0.25) is 0 Å². The third-order valence-electron chi connectivity index (χ3n) is 4.78. The summed E-state index contributed by atoms with van der Waals surface area (Å²) in [4.78, 5) is 15.0. The molecule has 2 nitrogen and oxygen atoms in total. The Balaban J connectivity index is 1.73. The first-order valence-corrected chi connectivity index (χ1v) is 8.09. The summed E-state index contributed by atoms with van der Waals surface area (Å²) in [5.74, 6) is 0.417. The van der Waals surface area contributed by atoms with Gasteiger partial charge in [0.15, 0.2) is 0 Å². The summed E-state index contributed by atoms with van der Waals surface area (Å²) in [5.41, 5.74) is 2.39. The number of carbonyl (C=O) groups excluding carboxylic acids is 1. The van der Waals surface area contributed by atoms with Crippen molar-refractivity contribution in [2.45, 2.75) is 12.6 Å². The second-order valence-corrected chi connectivity index (χ2v) is 6.18. The first-order chi connectivity index (χ1) is 11.3. The van der Waals surface area contributed by atoms with Crippen molar-refractivity contribution in [2.75, 3.05) is 0 Å². The van der Waals surface area contributed by atoms with Crippen molar-refractivity contribution in [1.29, 1.82) is 0 Å². The predicted molar refractivity (Wildman–Crippen MR) is 91.4 cm³/mol. The molecule has 2 aliphatic rings. The normalized spacial score (nSPS) is 25.7. The highest BCUT2D eigenvalue weighted by Crippen LogP contribution is 2.45. The van der Waals surface area contributed by atoms with Gasteiger partial charge in [0.2, 0.25) is 5.91 Å². The lowest BCUT2D eigenvalue weighted by Crippen LogP contribution is -2.29. The van der Waals surface area contributed by atoms with E-state index in [1.54, 1.807) is 0 Å². The van der Waals surface area contributed by atoms with Crippen molar-refractivity contribution in [3.8, 4) is 0 Å². The Morgan fingerprint density at radius 1 is 0.826 bits per heavy atom. The van der Waals surface area contributed by atoms with Gasteiger partial charge in [-0.1, -0.05) is 85.0 Å². The molecule has 2 aromatic carbocycles. The molecule has 1 amide bonds. The van der Waals surface area contributed by atoms with Crippen molar-refractivity contribution < 1.29 is 4.79 Å². The minimum Gasteiger partial charge on any atom is -0.330 e. The molecule has 1 heterocycles. The van der Waals surface area contributed by atoms with E-state index in [2.05, 4.69) is 48.6 Å². The molecule has 0 bridgehead atoms. The highest BCUT2D eigenvalue weighted by molar-refractivity contribution is 5.85. The highest BCUT2D eigenvalue weighted by Gasteiger charge is 2.46. The molecule has 0 N–H and O–H groups in total. The van der Waals surface area contributed by atoms with Crippen molar-refractivity contribution in [3.63, 3.8) is 0 Å². The van der Waals surface area contributed by atoms with E-state index in [4.69, 9.17) is 0 Å². The summed E-state index contributed by atoms with van der Waals surface area (Å²) in [6, 6.07) is 20.7. The molecule has 4 rings (SSSR count). The number of rotatable bonds is 3. The highest BCUT2D eigenvalue weighted by atomic mass is 16.2. The minimum absolute atomic E-state index is 0.0334.